The molecule has 0 fully saturated rings. The number of nitrogens with zero attached hydrogens (tertiary/aromatic N) is 1. The van der Waals surface area contributed by atoms with Crippen LogP contribution in [-0.2, 0) is 10.0 Å². The summed E-state index contributed by atoms with van der Waals surface area (Å²) in [5, 5.41) is 0. The third-order valence-corrected chi connectivity index (χ3v) is 4.92. The fourth-order valence-electron chi connectivity index (χ4n) is 2.24. The van der Waals surface area contributed by atoms with Gasteiger partial charge in [-0.2, -0.15) is 12.8 Å². The van der Waals surface area contributed by atoms with Gasteiger partial charge in [0.1, 0.15) is 0 Å². The van der Waals surface area contributed by atoms with Gasteiger partial charge in [0.15, 0.2) is 0 Å². The third-order valence-electron chi connectivity index (χ3n) is 3.41. The highest BCUT2D eigenvalue weighted by atomic mass is 32.2. The highest BCUT2D eigenvalue weighted by molar-refractivity contribution is 7.90. The van der Waals surface area contributed by atoms with E-state index in [4.69, 9.17) is 0 Å². The van der Waals surface area contributed by atoms with Crippen molar-refractivity contribution in [3.63, 3.8) is 0 Å². The van der Waals surface area contributed by atoms with Crippen molar-refractivity contribution in [2.45, 2.75) is 32.6 Å². The molecule has 0 bridgehead atoms. The maximum Gasteiger partial charge on any atom is 0.282 e. The lowest BCUT2D eigenvalue weighted by Gasteiger charge is -2.08. The molecule has 2 aromatic rings. The fraction of sp³-hybridized carbons (Fsp3) is 0.235. The van der Waals surface area contributed by atoms with Gasteiger partial charge in [-0.25, -0.2) is 0 Å². The normalized spacial score (nSPS) is 12.5. The van der Waals surface area contributed by atoms with E-state index in [0.717, 1.165) is 16.7 Å². The van der Waals surface area contributed by atoms with E-state index in [0.29, 0.717) is 11.3 Å². The predicted molar refractivity (Wildman–Crippen MR) is 86.5 cm³/mol. The van der Waals surface area contributed by atoms with Crippen LogP contribution >= 0.6 is 0 Å². The number of hydrogen-bond acceptors (Lipinski definition) is 2. The van der Waals surface area contributed by atoms with Crippen LogP contribution in [0.25, 0.3) is 0 Å². The lowest BCUT2D eigenvalue weighted by atomic mass is 10.1. The molecule has 0 spiro atoms. The van der Waals surface area contributed by atoms with Crippen LogP contribution in [0.5, 0.6) is 0 Å². The van der Waals surface area contributed by atoms with Crippen molar-refractivity contribution < 1.29 is 8.42 Å². The first-order valence-corrected chi connectivity index (χ1v) is 8.20. The fourth-order valence-corrected chi connectivity index (χ4v) is 3.61. The predicted octanol–water partition coefficient (Wildman–Crippen LogP) is 3.81. The largest absolute Gasteiger partial charge is 0.282 e. The number of rotatable bonds is 3. The zero-order chi connectivity index (χ0) is 15.6. The van der Waals surface area contributed by atoms with Crippen molar-refractivity contribution in [3.8, 4) is 0 Å². The Morgan fingerprint density at radius 3 is 2.29 bits per heavy atom. The molecule has 0 amide bonds. The Morgan fingerprint density at radius 1 is 0.952 bits per heavy atom. The summed E-state index contributed by atoms with van der Waals surface area (Å²) in [7, 11) is -3.69. The van der Waals surface area contributed by atoms with Crippen LogP contribution in [-0.4, -0.2) is 14.1 Å². The molecule has 0 saturated carbocycles. The van der Waals surface area contributed by atoms with Gasteiger partial charge in [0.25, 0.3) is 10.0 Å². The Hall–Kier alpha value is -1.94. The van der Waals surface area contributed by atoms with E-state index in [-0.39, 0.29) is 4.90 Å². The molecule has 3 nitrogen and oxygen atoms in total. The summed E-state index contributed by atoms with van der Waals surface area (Å²) in [4.78, 5) is 0.274. The van der Waals surface area contributed by atoms with Crippen molar-refractivity contribution in [1.82, 2.24) is 0 Å². The first kappa shape index (κ1) is 15.4. The Morgan fingerprint density at radius 2 is 1.62 bits per heavy atom. The summed E-state index contributed by atoms with van der Waals surface area (Å²) in [5.74, 6) is 0. The smallest absolute Gasteiger partial charge is 0.199 e. The Kier molecular flexibility index (Phi) is 4.28. The van der Waals surface area contributed by atoms with Crippen LogP contribution in [0, 0.1) is 20.8 Å². The maximum atomic E-state index is 12.5. The molecule has 0 atom stereocenters. The first-order valence-electron chi connectivity index (χ1n) is 6.76. The van der Waals surface area contributed by atoms with E-state index < -0.39 is 10.0 Å². The zero-order valence-corrected chi connectivity index (χ0v) is 13.5. The second-order valence-corrected chi connectivity index (χ2v) is 6.81. The monoisotopic (exact) mass is 301 g/mol. The van der Waals surface area contributed by atoms with Gasteiger partial charge in [-0.3, -0.25) is 0 Å². The van der Waals surface area contributed by atoms with Crippen LogP contribution in [0.2, 0.25) is 0 Å². The molecule has 21 heavy (non-hydrogen) atoms. The minimum atomic E-state index is -3.69. The molecule has 4 heteroatoms. The summed E-state index contributed by atoms with van der Waals surface area (Å²) < 4.78 is 29.0. The third kappa shape index (κ3) is 3.39. The molecule has 0 aromatic heterocycles. The lowest BCUT2D eigenvalue weighted by Crippen LogP contribution is -2.06. The van der Waals surface area contributed by atoms with Gasteiger partial charge in [0.2, 0.25) is 0 Å². The molecule has 110 valence electrons. The summed E-state index contributed by atoms with van der Waals surface area (Å²) in [6.07, 6.45) is 0. The highest BCUT2D eigenvalue weighted by Crippen LogP contribution is 2.20. The standard InChI is InChI=1S/C17H19NO2S/c1-12-9-10-14(3)17(11-12)21(19,20)18-15(4)16-8-6-5-7-13(16)2/h5-11H,1-4H3/b18-15-. The van der Waals surface area contributed by atoms with Crippen molar-refractivity contribution in [2.24, 2.45) is 4.40 Å². The van der Waals surface area contributed by atoms with Crippen LogP contribution in [0.1, 0.15) is 29.2 Å². The second-order valence-electron chi connectivity index (χ2n) is 5.24. The SMILES string of the molecule is C/C(=N/S(=O)(=O)c1cc(C)ccc1C)c1ccccc1C. The molecule has 2 aromatic carbocycles. The van der Waals surface area contributed by atoms with Crippen LogP contribution < -0.4 is 0 Å². The lowest BCUT2D eigenvalue weighted by molar-refractivity contribution is 0.597. The van der Waals surface area contributed by atoms with E-state index >= 15 is 0 Å². The minimum absolute atomic E-state index is 0.274. The van der Waals surface area contributed by atoms with E-state index in [1.807, 2.05) is 44.2 Å². The zero-order valence-electron chi connectivity index (χ0n) is 12.7. The Labute approximate surface area is 126 Å². The summed E-state index contributed by atoms with van der Waals surface area (Å²) in [6.45, 7) is 7.32. The first-order chi connectivity index (χ1) is 9.81. The van der Waals surface area contributed by atoms with Crippen LogP contribution in [0.15, 0.2) is 51.8 Å². The molecule has 0 heterocycles. The molecule has 0 aliphatic heterocycles. The number of benzene rings is 2. The molecule has 0 N–H and O–H groups in total. The van der Waals surface area contributed by atoms with Crippen molar-refractivity contribution in [3.05, 3.63) is 64.7 Å². The number of aryl methyl sites for hydroxylation is 3. The maximum absolute atomic E-state index is 12.5. The van der Waals surface area contributed by atoms with Gasteiger partial charge in [-0.1, -0.05) is 36.4 Å². The van der Waals surface area contributed by atoms with E-state index in [1.165, 1.54) is 0 Å². The summed E-state index contributed by atoms with van der Waals surface area (Å²) in [6, 6.07) is 13.0. The molecule has 0 aliphatic carbocycles. The van der Waals surface area contributed by atoms with Crippen LogP contribution in [0.3, 0.4) is 0 Å². The molecular formula is C17H19NO2S. The van der Waals surface area contributed by atoms with E-state index in [1.54, 1.807) is 26.0 Å². The quantitative estimate of drug-likeness (QED) is 0.809. The molecule has 0 unspecified atom stereocenters. The van der Waals surface area contributed by atoms with Crippen molar-refractivity contribution in [1.29, 1.82) is 0 Å². The molecule has 0 saturated heterocycles. The minimum Gasteiger partial charge on any atom is -0.199 e. The number of hydrogen-bond donors (Lipinski definition) is 0. The Bertz CT molecular complexity index is 805. The topological polar surface area (TPSA) is 46.5 Å². The highest BCUT2D eigenvalue weighted by Gasteiger charge is 2.17. The molecule has 0 radical (unpaired) electrons. The van der Waals surface area contributed by atoms with Crippen molar-refractivity contribution in [2.75, 3.05) is 0 Å². The van der Waals surface area contributed by atoms with E-state index in [9.17, 15) is 8.42 Å². The molecule has 0 aliphatic rings. The number of sulfonamides is 1. The Balaban J connectivity index is 2.53. The van der Waals surface area contributed by atoms with Gasteiger partial charge in [-0.15, -0.1) is 0 Å². The van der Waals surface area contributed by atoms with Crippen LogP contribution in [0.4, 0.5) is 0 Å². The van der Waals surface area contributed by atoms with Crippen molar-refractivity contribution >= 4 is 15.7 Å². The second kappa shape index (κ2) is 5.82. The molecule has 2 rings (SSSR count). The van der Waals surface area contributed by atoms with Gasteiger partial charge >= 0.3 is 0 Å². The van der Waals surface area contributed by atoms with Gasteiger partial charge in [0.05, 0.1) is 10.6 Å². The summed E-state index contributed by atoms with van der Waals surface area (Å²) >= 11 is 0. The average Bonchev–Trinajstić information content (AvgIpc) is 2.41. The summed E-state index contributed by atoms with van der Waals surface area (Å²) in [5.41, 5.74) is 3.99. The van der Waals surface area contributed by atoms with E-state index in [2.05, 4.69) is 4.40 Å². The van der Waals surface area contributed by atoms with Gasteiger partial charge in [-0.05, 0) is 56.0 Å². The average molecular weight is 301 g/mol. The van der Waals surface area contributed by atoms with Gasteiger partial charge in [0, 0.05) is 0 Å². The molecular weight excluding hydrogens is 282 g/mol. The van der Waals surface area contributed by atoms with Gasteiger partial charge < -0.3 is 0 Å².